The smallest absolute Gasteiger partial charge is 0.277 e. The third-order valence-electron chi connectivity index (χ3n) is 4.91. The molecule has 30 heavy (non-hydrogen) atoms. The predicted octanol–water partition coefficient (Wildman–Crippen LogP) is 3.27. The van der Waals surface area contributed by atoms with Crippen molar-refractivity contribution in [2.24, 2.45) is 0 Å². The number of fused-ring (bicyclic) bond motifs is 2. The Bertz CT molecular complexity index is 1130. The summed E-state index contributed by atoms with van der Waals surface area (Å²) < 4.78 is 7.24. The van der Waals surface area contributed by atoms with Gasteiger partial charge in [-0.05, 0) is 36.1 Å². The Morgan fingerprint density at radius 3 is 2.37 bits per heavy atom. The fourth-order valence-electron chi connectivity index (χ4n) is 3.55. The van der Waals surface area contributed by atoms with Gasteiger partial charge in [0.25, 0.3) is 5.22 Å². The zero-order valence-electron chi connectivity index (χ0n) is 16.0. The van der Waals surface area contributed by atoms with E-state index < -0.39 is 0 Å². The molecule has 0 aliphatic carbocycles. The number of anilines is 2. The van der Waals surface area contributed by atoms with E-state index in [9.17, 15) is 4.79 Å². The van der Waals surface area contributed by atoms with Crippen LogP contribution in [0.2, 0.25) is 0 Å². The summed E-state index contributed by atoms with van der Waals surface area (Å²) in [6.07, 6.45) is 4.83. The summed E-state index contributed by atoms with van der Waals surface area (Å²) in [5, 5.41) is 12.4. The maximum absolute atomic E-state index is 13.3. The summed E-state index contributed by atoms with van der Waals surface area (Å²) in [5.41, 5.74) is 4.20. The Labute approximate surface area is 176 Å². The van der Waals surface area contributed by atoms with Crippen LogP contribution >= 0.6 is 11.8 Å². The van der Waals surface area contributed by atoms with Crippen LogP contribution in [-0.2, 0) is 24.2 Å². The number of benzene rings is 2. The second-order valence-corrected chi connectivity index (χ2v) is 7.76. The Morgan fingerprint density at radius 1 is 1.00 bits per heavy atom. The molecule has 0 saturated heterocycles. The predicted molar refractivity (Wildman–Crippen MR) is 112 cm³/mol. The second-order valence-electron chi connectivity index (χ2n) is 6.83. The van der Waals surface area contributed by atoms with Gasteiger partial charge in [-0.15, -0.1) is 10.2 Å². The molecule has 0 radical (unpaired) electrons. The second kappa shape index (κ2) is 8.11. The van der Waals surface area contributed by atoms with E-state index in [2.05, 4.69) is 32.4 Å². The highest BCUT2D eigenvalue weighted by molar-refractivity contribution is 7.99. The quantitative estimate of drug-likeness (QED) is 0.460. The molecule has 0 atom stereocenters. The van der Waals surface area contributed by atoms with Gasteiger partial charge in [-0.3, -0.25) is 9.69 Å². The molecule has 2 aromatic carbocycles. The number of carbonyl (C=O) groups excluding carboxylic acids is 1. The van der Waals surface area contributed by atoms with E-state index in [1.165, 1.54) is 29.2 Å². The van der Waals surface area contributed by atoms with Crippen LogP contribution < -0.4 is 4.90 Å². The van der Waals surface area contributed by atoms with Gasteiger partial charge >= 0.3 is 0 Å². The highest BCUT2D eigenvalue weighted by Crippen LogP contribution is 2.36. The van der Waals surface area contributed by atoms with Crippen molar-refractivity contribution >= 4 is 29.0 Å². The van der Waals surface area contributed by atoms with E-state index in [1.54, 1.807) is 11.0 Å². The van der Waals surface area contributed by atoms with Crippen molar-refractivity contribution in [2.45, 2.75) is 24.6 Å². The lowest BCUT2D eigenvalue weighted by Gasteiger charge is -2.24. The van der Waals surface area contributed by atoms with E-state index in [4.69, 9.17) is 4.42 Å². The Hall–Kier alpha value is -3.46. The Balaban J connectivity index is 1.36. The fourth-order valence-corrected chi connectivity index (χ4v) is 4.18. The third kappa shape index (κ3) is 3.71. The van der Waals surface area contributed by atoms with Gasteiger partial charge in [0, 0.05) is 0 Å². The highest BCUT2D eigenvalue weighted by Gasteiger charge is 2.26. The number of rotatable bonds is 5. The molecular formula is C21H18N6O2S. The molecule has 1 amide bonds. The van der Waals surface area contributed by atoms with Crippen molar-refractivity contribution < 1.29 is 9.21 Å². The molecule has 0 fully saturated rings. The minimum Gasteiger partial charge on any atom is -0.414 e. The monoisotopic (exact) mass is 418 g/mol. The number of aromatic nitrogens is 5. The summed E-state index contributed by atoms with van der Waals surface area (Å²) >= 11 is 1.23. The molecule has 1 aliphatic rings. The topological polar surface area (TPSA) is 89.9 Å². The van der Waals surface area contributed by atoms with Crippen molar-refractivity contribution in [3.8, 4) is 0 Å². The van der Waals surface area contributed by atoms with Crippen molar-refractivity contribution in [3.63, 3.8) is 0 Å². The first-order chi connectivity index (χ1) is 14.8. The lowest BCUT2D eigenvalue weighted by molar-refractivity contribution is -0.115. The van der Waals surface area contributed by atoms with Gasteiger partial charge in [0.1, 0.15) is 19.2 Å². The maximum Gasteiger partial charge on any atom is 0.277 e. The van der Waals surface area contributed by atoms with Crippen molar-refractivity contribution in [1.82, 2.24) is 25.0 Å². The van der Waals surface area contributed by atoms with Gasteiger partial charge in [-0.1, -0.05) is 48.2 Å². The molecule has 0 saturated carbocycles. The number of thioether (sulfide) groups is 1. The summed E-state index contributed by atoms with van der Waals surface area (Å²) in [5.74, 6) is 0.576. The summed E-state index contributed by atoms with van der Waals surface area (Å²) in [6.45, 7) is 0.342. The van der Waals surface area contributed by atoms with Crippen LogP contribution in [0.25, 0.3) is 0 Å². The van der Waals surface area contributed by atoms with Gasteiger partial charge < -0.3 is 4.42 Å². The molecular weight excluding hydrogens is 400 g/mol. The highest BCUT2D eigenvalue weighted by atomic mass is 32.2. The van der Waals surface area contributed by atoms with E-state index in [-0.39, 0.29) is 11.7 Å². The number of carbonyl (C=O) groups is 1. The molecule has 150 valence electrons. The van der Waals surface area contributed by atoms with Gasteiger partial charge in [0.05, 0.1) is 17.1 Å². The number of hydrogen-bond donors (Lipinski definition) is 0. The Kier molecular flexibility index (Phi) is 5.02. The molecule has 2 aromatic heterocycles. The molecule has 8 nitrogen and oxygen atoms in total. The average molecular weight is 418 g/mol. The Morgan fingerprint density at radius 2 is 1.70 bits per heavy atom. The molecule has 0 bridgehead atoms. The third-order valence-corrected chi connectivity index (χ3v) is 5.71. The van der Waals surface area contributed by atoms with Crippen molar-refractivity contribution in [2.75, 3.05) is 10.7 Å². The van der Waals surface area contributed by atoms with Crippen LogP contribution in [-0.4, -0.2) is 36.6 Å². The number of amides is 1. The summed E-state index contributed by atoms with van der Waals surface area (Å²) in [6, 6.07) is 16.1. The van der Waals surface area contributed by atoms with Crippen LogP contribution in [0.4, 0.5) is 11.4 Å². The molecule has 0 spiro atoms. The maximum atomic E-state index is 13.3. The van der Waals surface area contributed by atoms with E-state index in [0.717, 1.165) is 24.2 Å². The molecule has 0 N–H and O–H groups in total. The largest absolute Gasteiger partial charge is 0.414 e. The molecule has 5 rings (SSSR count). The zero-order valence-corrected chi connectivity index (χ0v) is 16.8. The first kappa shape index (κ1) is 18.6. The SMILES string of the molecule is O=C(CSc1nnc(Cn2cncn2)o1)N1c2ccccc2CCc2ccccc21. The number of nitrogens with zero attached hydrogens (tertiary/aromatic N) is 6. The molecule has 3 heterocycles. The van der Waals surface area contributed by atoms with Crippen LogP contribution in [0.1, 0.15) is 17.0 Å². The minimum absolute atomic E-state index is 0.0298. The first-order valence-corrected chi connectivity index (χ1v) is 10.5. The normalized spacial score (nSPS) is 12.9. The lowest BCUT2D eigenvalue weighted by atomic mass is 10.0. The van der Waals surface area contributed by atoms with Crippen molar-refractivity contribution in [3.05, 3.63) is 78.2 Å². The number of hydrogen-bond acceptors (Lipinski definition) is 7. The molecule has 4 aromatic rings. The van der Waals surface area contributed by atoms with Gasteiger partial charge in [-0.2, -0.15) is 5.10 Å². The van der Waals surface area contributed by atoms with E-state index in [0.29, 0.717) is 17.7 Å². The molecule has 0 unspecified atom stereocenters. The standard InChI is InChI=1S/C21H18N6O2S/c28-20(12-30-21-25-24-19(29-21)11-26-14-22-13-23-26)27-17-7-3-1-5-15(17)9-10-16-6-2-4-8-18(16)27/h1-8,13-14H,9-12H2. The van der Waals surface area contributed by atoms with Gasteiger partial charge in [-0.25, -0.2) is 9.67 Å². The van der Waals surface area contributed by atoms with Crippen LogP contribution in [0, 0.1) is 0 Å². The molecule has 9 heteroatoms. The van der Waals surface area contributed by atoms with Gasteiger partial charge in [0.15, 0.2) is 0 Å². The number of para-hydroxylation sites is 2. The van der Waals surface area contributed by atoms with Crippen LogP contribution in [0.3, 0.4) is 0 Å². The first-order valence-electron chi connectivity index (χ1n) is 9.54. The average Bonchev–Trinajstić information content (AvgIpc) is 3.41. The number of aryl methyl sites for hydroxylation is 2. The van der Waals surface area contributed by atoms with Gasteiger partial charge in [0.2, 0.25) is 11.8 Å². The fraction of sp³-hybridized carbons (Fsp3) is 0.190. The van der Waals surface area contributed by atoms with Crippen LogP contribution in [0.15, 0.2) is 70.8 Å². The zero-order chi connectivity index (χ0) is 20.3. The molecule has 1 aliphatic heterocycles. The van der Waals surface area contributed by atoms with E-state index in [1.807, 2.05) is 41.3 Å². The summed E-state index contributed by atoms with van der Waals surface area (Å²) in [4.78, 5) is 19.0. The van der Waals surface area contributed by atoms with Crippen LogP contribution in [0.5, 0.6) is 0 Å². The summed E-state index contributed by atoms with van der Waals surface area (Å²) in [7, 11) is 0. The van der Waals surface area contributed by atoms with E-state index >= 15 is 0 Å². The van der Waals surface area contributed by atoms with Crippen molar-refractivity contribution in [1.29, 1.82) is 0 Å². The lowest BCUT2D eigenvalue weighted by Crippen LogP contribution is -2.28. The minimum atomic E-state index is -0.0298.